The second-order valence-corrected chi connectivity index (χ2v) is 7.00. The van der Waals surface area contributed by atoms with E-state index >= 15 is 0 Å². The number of carbonyl (C=O) groups is 1. The molecule has 0 radical (unpaired) electrons. The topological polar surface area (TPSA) is 58.4 Å². The number of benzene rings is 2. The van der Waals surface area contributed by atoms with Gasteiger partial charge in [0.1, 0.15) is 0 Å². The predicted octanol–water partition coefficient (Wildman–Crippen LogP) is 3.43. The summed E-state index contributed by atoms with van der Waals surface area (Å²) in [6.07, 6.45) is 3.02. The van der Waals surface area contributed by atoms with Crippen LogP contribution in [-0.4, -0.2) is 25.0 Å². The molecule has 3 rings (SSSR count). The Hall–Kier alpha value is -2.33. The third kappa shape index (κ3) is 4.83. The lowest BCUT2D eigenvalue weighted by atomic mass is 9.99. The molecule has 0 bridgehead atoms. The highest BCUT2D eigenvalue weighted by Gasteiger charge is 2.17. The maximum atomic E-state index is 12.3. The van der Waals surface area contributed by atoms with Crippen molar-refractivity contribution in [3.63, 3.8) is 0 Å². The number of amides is 1. The maximum Gasteiger partial charge on any atom is 0.241 e. The Labute approximate surface area is 150 Å². The summed E-state index contributed by atoms with van der Waals surface area (Å²) in [6, 6.07) is 17.4. The van der Waals surface area contributed by atoms with E-state index in [2.05, 4.69) is 29.3 Å². The van der Waals surface area contributed by atoms with Crippen molar-refractivity contribution >= 4 is 17.3 Å². The van der Waals surface area contributed by atoms with Gasteiger partial charge in [0.25, 0.3) is 0 Å². The van der Waals surface area contributed by atoms with E-state index in [4.69, 9.17) is 5.73 Å². The summed E-state index contributed by atoms with van der Waals surface area (Å²) < 4.78 is 0. The summed E-state index contributed by atoms with van der Waals surface area (Å²) in [4.78, 5) is 14.7. The Morgan fingerprint density at radius 2 is 1.76 bits per heavy atom. The van der Waals surface area contributed by atoms with Crippen LogP contribution in [-0.2, 0) is 11.2 Å². The molecule has 4 heteroatoms. The van der Waals surface area contributed by atoms with Crippen molar-refractivity contribution in [2.45, 2.75) is 32.2 Å². The van der Waals surface area contributed by atoms with Crippen LogP contribution in [0.25, 0.3) is 0 Å². The zero-order chi connectivity index (χ0) is 17.6. The highest BCUT2D eigenvalue weighted by Crippen LogP contribution is 2.24. The first kappa shape index (κ1) is 17.5. The SMILES string of the molecule is CC1CCN(c2ccc(NC(=O)[C@@H](N)Cc3ccccc3)cc2)CC1. The molecule has 0 spiro atoms. The zero-order valence-electron chi connectivity index (χ0n) is 14.8. The summed E-state index contributed by atoms with van der Waals surface area (Å²) in [5.41, 5.74) is 9.12. The highest BCUT2D eigenvalue weighted by molar-refractivity contribution is 5.95. The Balaban J connectivity index is 1.54. The van der Waals surface area contributed by atoms with Gasteiger partial charge in [-0.05, 0) is 55.0 Å². The molecule has 1 fully saturated rings. The van der Waals surface area contributed by atoms with Gasteiger partial charge in [0.05, 0.1) is 6.04 Å². The van der Waals surface area contributed by atoms with E-state index in [0.29, 0.717) is 6.42 Å². The lowest BCUT2D eigenvalue weighted by molar-refractivity contribution is -0.117. The number of nitrogens with one attached hydrogen (secondary N) is 1. The molecule has 0 aliphatic carbocycles. The third-order valence-electron chi connectivity index (χ3n) is 4.92. The molecule has 0 saturated carbocycles. The van der Waals surface area contributed by atoms with Gasteiger partial charge in [-0.25, -0.2) is 0 Å². The van der Waals surface area contributed by atoms with Crippen molar-refractivity contribution in [1.82, 2.24) is 0 Å². The fourth-order valence-electron chi connectivity index (χ4n) is 3.22. The minimum Gasteiger partial charge on any atom is -0.372 e. The number of nitrogens with zero attached hydrogens (tertiary/aromatic N) is 1. The Kier molecular flexibility index (Phi) is 5.71. The molecule has 132 valence electrons. The standard InChI is InChI=1S/C21H27N3O/c1-16-11-13-24(14-12-16)19-9-7-18(8-10-19)23-21(25)20(22)15-17-5-3-2-4-6-17/h2-10,16,20H,11-15,22H2,1H3,(H,23,25)/t20-/m0/s1. The quantitative estimate of drug-likeness (QED) is 0.879. The molecule has 0 unspecified atom stereocenters. The summed E-state index contributed by atoms with van der Waals surface area (Å²) >= 11 is 0. The van der Waals surface area contributed by atoms with Gasteiger partial charge in [-0.1, -0.05) is 37.3 Å². The van der Waals surface area contributed by atoms with Crippen molar-refractivity contribution in [2.75, 3.05) is 23.3 Å². The molecule has 2 aromatic carbocycles. The lowest BCUT2D eigenvalue weighted by Gasteiger charge is -2.32. The predicted molar refractivity (Wildman–Crippen MR) is 104 cm³/mol. The second-order valence-electron chi connectivity index (χ2n) is 7.00. The second kappa shape index (κ2) is 8.17. The Morgan fingerprint density at radius 3 is 2.40 bits per heavy atom. The van der Waals surface area contributed by atoms with Gasteiger partial charge in [0, 0.05) is 24.5 Å². The van der Waals surface area contributed by atoms with Gasteiger partial charge in [0.15, 0.2) is 0 Å². The smallest absolute Gasteiger partial charge is 0.241 e. The van der Waals surface area contributed by atoms with Gasteiger partial charge in [-0.15, -0.1) is 0 Å². The monoisotopic (exact) mass is 337 g/mol. The summed E-state index contributed by atoms with van der Waals surface area (Å²) in [5, 5.41) is 2.92. The van der Waals surface area contributed by atoms with Crippen molar-refractivity contribution in [3.05, 3.63) is 60.2 Å². The van der Waals surface area contributed by atoms with Gasteiger partial charge in [-0.2, -0.15) is 0 Å². The number of piperidine rings is 1. The van der Waals surface area contributed by atoms with Crippen molar-refractivity contribution in [3.8, 4) is 0 Å². The van der Waals surface area contributed by atoms with E-state index in [-0.39, 0.29) is 5.91 Å². The fraction of sp³-hybridized carbons (Fsp3) is 0.381. The summed E-state index contributed by atoms with van der Waals surface area (Å²) in [7, 11) is 0. The van der Waals surface area contributed by atoms with Gasteiger partial charge in [-0.3, -0.25) is 4.79 Å². The molecule has 1 heterocycles. The molecule has 4 nitrogen and oxygen atoms in total. The number of nitrogens with two attached hydrogens (primary N) is 1. The van der Waals surface area contributed by atoms with Crippen molar-refractivity contribution in [2.24, 2.45) is 11.7 Å². The van der Waals surface area contributed by atoms with E-state index in [9.17, 15) is 4.79 Å². The summed E-state index contributed by atoms with van der Waals surface area (Å²) in [6.45, 7) is 4.53. The van der Waals surface area contributed by atoms with Crippen LogP contribution in [0.1, 0.15) is 25.3 Å². The van der Waals surface area contributed by atoms with Crippen molar-refractivity contribution < 1.29 is 4.79 Å². The molecule has 3 N–H and O–H groups in total. The zero-order valence-corrected chi connectivity index (χ0v) is 14.8. The first-order valence-electron chi connectivity index (χ1n) is 9.07. The lowest BCUT2D eigenvalue weighted by Crippen LogP contribution is -2.37. The van der Waals surface area contributed by atoms with Crippen LogP contribution < -0.4 is 16.0 Å². The molecule has 1 atom stereocenters. The van der Waals surface area contributed by atoms with E-state index in [1.807, 2.05) is 42.5 Å². The molecule has 1 aliphatic heterocycles. The van der Waals surface area contributed by atoms with Gasteiger partial charge < -0.3 is 16.0 Å². The molecule has 1 saturated heterocycles. The molecule has 1 amide bonds. The molecule has 0 aromatic heterocycles. The number of hydrogen-bond donors (Lipinski definition) is 2. The number of carbonyl (C=O) groups excluding carboxylic acids is 1. The van der Waals surface area contributed by atoms with E-state index in [1.165, 1.54) is 18.5 Å². The minimum absolute atomic E-state index is 0.150. The van der Waals surface area contributed by atoms with Crippen LogP contribution in [0.5, 0.6) is 0 Å². The molecular weight excluding hydrogens is 310 g/mol. The summed E-state index contributed by atoms with van der Waals surface area (Å²) in [5.74, 6) is 0.671. The van der Waals surface area contributed by atoms with E-state index in [0.717, 1.165) is 30.3 Å². The third-order valence-corrected chi connectivity index (χ3v) is 4.92. The molecule has 2 aromatic rings. The van der Waals surface area contributed by atoms with E-state index < -0.39 is 6.04 Å². The number of hydrogen-bond acceptors (Lipinski definition) is 3. The largest absolute Gasteiger partial charge is 0.372 e. The highest BCUT2D eigenvalue weighted by atomic mass is 16.2. The number of anilines is 2. The molecule has 1 aliphatic rings. The van der Waals surface area contributed by atoms with Crippen LogP contribution in [0.15, 0.2) is 54.6 Å². The van der Waals surface area contributed by atoms with Gasteiger partial charge in [0.2, 0.25) is 5.91 Å². The maximum absolute atomic E-state index is 12.3. The first-order chi connectivity index (χ1) is 12.1. The van der Waals surface area contributed by atoms with Crippen LogP contribution in [0, 0.1) is 5.92 Å². The Morgan fingerprint density at radius 1 is 1.12 bits per heavy atom. The molecule has 25 heavy (non-hydrogen) atoms. The molecular formula is C21H27N3O. The van der Waals surface area contributed by atoms with Crippen LogP contribution >= 0.6 is 0 Å². The van der Waals surface area contributed by atoms with E-state index in [1.54, 1.807) is 0 Å². The van der Waals surface area contributed by atoms with Gasteiger partial charge >= 0.3 is 0 Å². The normalized spacial score (nSPS) is 16.5. The van der Waals surface area contributed by atoms with Crippen LogP contribution in [0.3, 0.4) is 0 Å². The Bertz CT molecular complexity index is 676. The first-order valence-corrected chi connectivity index (χ1v) is 9.07. The fourth-order valence-corrected chi connectivity index (χ4v) is 3.22. The van der Waals surface area contributed by atoms with Crippen LogP contribution in [0.4, 0.5) is 11.4 Å². The number of rotatable bonds is 5. The van der Waals surface area contributed by atoms with Crippen LogP contribution in [0.2, 0.25) is 0 Å². The average Bonchev–Trinajstić information content (AvgIpc) is 2.64. The minimum atomic E-state index is -0.550. The van der Waals surface area contributed by atoms with Crippen molar-refractivity contribution in [1.29, 1.82) is 0 Å². The average molecular weight is 337 g/mol.